The topological polar surface area (TPSA) is 78.7 Å². The average Bonchev–Trinajstić information content (AvgIpc) is 3.55. The molecular weight excluding hydrogens is 507 g/mol. The molecule has 0 aliphatic rings. The Balaban J connectivity index is 0.00000361. The van der Waals surface area contributed by atoms with Crippen LogP contribution in [0.1, 0.15) is 12.0 Å². The number of carbonyl (C=O) groups is 1. The molecule has 36 heavy (non-hydrogen) atoms. The Morgan fingerprint density at radius 2 is 1.92 bits per heavy atom. The van der Waals surface area contributed by atoms with E-state index >= 15 is 0 Å². The molecule has 0 saturated heterocycles. The number of rotatable bonds is 10. The molecule has 190 valence electrons. The zero-order valence-corrected chi connectivity index (χ0v) is 21.6. The number of ether oxygens (including phenoxy) is 3. The van der Waals surface area contributed by atoms with Crippen LogP contribution in [0.4, 0.5) is 9.52 Å². The van der Waals surface area contributed by atoms with Gasteiger partial charge in [-0.2, -0.15) is 0 Å². The fourth-order valence-electron chi connectivity index (χ4n) is 3.60. The number of methoxy groups -OCH3 is 3. The van der Waals surface area contributed by atoms with Gasteiger partial charge in [0.2, 0.25) is 5.75 Å². The molecular formula is C25H26ClFN4O4S. The maximum absolute atomic E-state index is 14.3. The van der Waals surface area contributed by atoms with Crippen LogP contribution in [0.3, 0.4) is 0 Å². The second-order valence-electron chi connectivity index (χ2n) is 7.52. The number of hydrogen-bond donors (Lipinski definition) is 0. The number of carbonyl (C=O) groups excluding carboxylic acids is 1. The molecule has 4 aromatic rings. The number of imidazole rings is 1. The minimum absolute atomic E-state index is 0. The van der Waals surface area contributed by atoms with Crippen molar-refractivity contribution < 1.29 is 23.4 Å². The largest absolute Gasteiger partial charge is 0.493 e. The molecule has 0 fully saturated rings. The monoisotopic (exact) mass is 532 g/mol. The Kier molecular flexibility index (Phi) is 9.26. The first kappa shape index (κ1) is 27.0. The lowest BCUT2D eigenvalue weighted by molar-refractivity contribution is -0.114. The number of nitrogens with zero attached hydrogens (tertiary/aromatic N) is 4. The maximum atomic E-state index is 14.3. The van der Waals surface area contributed by atoms with Gasteiger partial charge in [0.15, 0.2) is 16.6 Å². The van der Waals surface area contributed by atoms with Crippen LogP contribution in [0.2, 0.25) is 0 Å². The fraction of sp³-hybridized carbons (Fsp3) is 0.240. The number of anilines is 1. The van der Waals surface area contributed by atoms with Gasteiger partial charge in [0.25, 0.3) is 5.91 Å². The van der Waals surface area contributed by atoms with Gasteiger partial charge in [-0.1, -0.05) is 17.4 Å². The molecule has 0 radical (unpaired) electrons. The SMILES string of the molecule is COc1cc(/C=C/C(=O)N(CCCn2ccnc2)c2nc3c(F)cccc3s2)cc(OC)c1OC.Cl. The summed E-state index contributed by atoms with van der Waals surface area (Å²) in [6.45, 7) is 1.08. The molecule has 0 unspecified atom stereocenters. The summed E-state index contributed by atoms with van der Waals surface area (Å²) in [5.41, 5.74) is 0.954. The van der Waals surface area contributed by atoms with Crippen molar-refractivity contribution >= 4 is 51.1 Å². The van der Waals surface area contributed by atoms with E-state index in [1.54, 1.807) is 47.8 Å². The average molecular weight is 533 g/mol. The van der Waals surface area contributed by atoms with Gasteiger partial charge in [-0.05, 0) is 42.3 Å². The van der Waals surface area contributed by atoms with E-state index in [1.165, 1.54) is 44.8 Å². The van der Waals surface area contributed by atoms with Crippen LogP contribution in [0, 0.1) is 5.82 Å². The highest BCUT2D eigenvalue weighted by atomic mass is 35.5. The number of benzene rings is 2. The van der Waals surface area contributed by atoms with Crippen LogP contribution >= 0.6 is 23.7 Å². The number of hydrogen-bond acceptors (Lipinski definition) is 7. The summed E-state index contributed by atoms with van der Waals surface area (Å²) >= 11 is 1.28. The molecule has 0 spiro atoms. The van der Waals surface area contributed by atoms with E-state index in [2.05, 4.69) is 9.97 Å². The standard InChI is InChI=1S/C25H25FN4O4S.ClH/c1-32-19-14-17(15-20(33-2)24(19)34-3)8-9-22(31)30(12-5-11-29-13-10-27-16-29)25-28-23-18(26)6-4-7-21(23)35-25;/h4,6-10,13-16H,5,11-12H2,1-3H3;1H/b9-8+;. The van der Waals surface area contributed by atoms with Gasteiger partial charge in [-0.15, -0.1) is 12.4 Å². The van der Waals surface area contributed by atoms with E-state index in [1.807, 2.05) is 10.8 Å². The molecule has 0 aliphatic heterocycles. The van der Waals surface area contributed by atoms with E-state index in [4.69, 9.17) is 14.2 Å². The summed E-state index contributed by atoms with van der Waals surface area (Å²) in [5, 5.41) is 0.440. The molecule has 2 heterocycles. The second kappa shape index (κ2) is 12.4. The highest BCUT2D eigenvalue weighted by Crippen LogP contribution is 2.38. The molecule has 4 rings (SSSR count). The van der Waals surface area contributed by atoms with Crippen molar-refractivity contribution in [2.24, 2.45) is 0 Å². The lowest BCUT2D eigenvalue weighted by atomic mass is 10.1. The third kappa shape index (κ3) is 5.95. The van der Waals surface area contributed by atoms with Crippen molar-refractivity contribution in [1.82, 2.24) is 14.5 Å². The first-order chi connectivity index (χ1) is 17.0. The summed E-state index contributed by atoms with van der Waals surface area (Å²) in [5.74, 6) is 0.749. The molecule has 2 aromatic heterocycles. The Labute approximate surface area is 218 Å². The van der Waals surface area contributed by atoms with Crippen LogP contribution in [-0.4, -0.2) is 48.3 Å². The van der Waals surface area contributed by atoms with Gasteiger partial charge in [0.05, 0.1) is 32.4 Å². The third-order valence-electron chi connectivity index (χ3n) is 5.32. The van der Waals surface area contributed by atoms with Gasteiger partial charge in [0.1, 0.15) is 11.3 Å². The third-order valence-corrected chi connectivity index (χ3v) is 6.36. The second-order valence-corrected chi connectivity index (χ2v) is 8.53. The molecule has 0 saturated carbocycles. The van der Waals surface area contributed by atoms with Crippen molar-refractivity contribution in [2.75, 3.05) is 32.8 Å². The summed E-state index contributed by atoms with van der Waals surface area (Å²) in [7, 11) is 4.59. The maximum Gasteiger partial charge on any atom is 0.252 e. The number of aryl methyl sites for hydroxylation is 1. The van der Waals surface area contributed by atoms with E-state index in [0.29, 0.717) is 52.2 Å². The number of fused-ring (bicyclic) bond motifs is 1. The molecule has 0 N–H and O–H groups in total. The minimum Gasteiger partial charge on any atom is -0.493 e. The molecule has 0 bridgehead atoms. The quantitative estimate of drug-likeness (QED) is 0.261. The zero-order valence-electron chi connectivity index (χ0n) is 20.0. The minimum atomic E-state index is -0.413. The van der Waals surface area contributed by atoms with E-state index in [-0.39, 0.29) is 23.8 Å². The van der Waals surface area contributed by atoms with Gasteiger partial charge >= 0.3 is 0 Å². The molecule has 1 amide bonds. The van der Waals surface area contributed by atoms with Crippen molar-refractivity contribution in [3.05, 3.63) is 66.5 Å². The predicted octanol–water partition coefficient (Wildman–Crippen LogP) is 5.22. The first-order valence-electron chi connectivity index (χ1n) is 10.8. The Hall–Kier alpha value is -3.63. The number of aromatic nitrogens is 3. The normalized spacial score (nSPS) is 10.9. The van der Waals surface area contributed by atoms with Crippen LogP contribution in [-0.2, 0) is 11.3 Å². The van der Waals surface area contributed by atoms with Gasteiger partial charge in [-0.25, -0.2) is 14.4 Å². The lowest BCUT2D eigenvalue weighted by Gasteiger charge is -2.18. The summed E-state index contributed by atoms with van der Waals surface area (Å²) in [6, 6.07) is 8.29. The number of amides is 1. The number of para-hydroxylation sites is 1. The van der Waals surface area contributed by atoms with Crippen molar-refractivity contribution in [2.45, 2.75) is 13.0 Å². The van der Waals surface area contributed by atoms with Gasteiger partial charge in [0, 0.05) is 31.6 Å². The lowest BCUT2D eigenvalue weighted by Crippen LogP contribution is -2.30. The fourth-order valence-corrected chi connectivity index (χ4v) is 4.62. The summed E-state index contributed by atoms with van der Waals surface area (Å²) in [6.07, 6.45) is 9.09. The summed E-state index contributed by atoms with van der Waals surface area (Å²) < 4.78 is 33.0. The van der Waals surface area contributed by atoms with Crippen molar-refractivity contribution in [1.29, 1.82) is 0 Å². The van der Waals surface area contributed by atoms with Crippen LogP contribution < -0.4 is 19.1 Å². The zero-order chi connectivity index (χ0) is 24.8. The molecule has 0 atom stereocenters. The number of thiazole rings is 1. The highest BCUT2D eigenvalue weighted by molar-refractivity contribution is 7.22. The van der Waals surface area contributed by atoms with Gasteiger partial charge in [-0.3, -0.25) is 9.69 Å². The Morgan fingerprint density at radius 3 is 2.53 bits per heavy atom. The first-order valence-corrected chi connectivity index (χ1v) is 11.7. The van der Waals surface area contributed by atoms with Crippen LogP contribution in [0.5, 0.6) is 17.2 Å². The van der Waals surface area contributed by atoms with E-state index < -0.39 is 5.82 Å². The molecule has 11 heteroatoms. The van der Waals surface area contributed by atoms with Crippen LogP contribution in [0.15, 0.2) is 55.1 Å². The van der Waals surface area contributed by atoms with Crippen molar-refractivity contribution in [3.8, 4) is 17.2 Å². The predicted molar refractivity (Wildman–Crippen MR) is 141 cm³/mol. The highest BCUT2D eigenvalue weighted by Gasteiger charge is 2.19. The number of halogens is 2. The molecule has 8 nitrogen and oxygen atoms in total. The van der Waals surface area contributed by atoms with E-state index in [0.717, 1.165) is 0 Å². The Bertz CT molecular complexity index is 1320. The smallest absolute Gasteiger partial charge is 0.252 e. The molecule has 0 aliphatic carbocycles. The van der Waals surface area contributed by atoms with Gasteiger partial charge < -0.3 is 18.8 Å². The van der Waals surface area contributed by atoms with Crippen molar-refractivity contribution in [3.63, 3.8) is 0 Å². The summed E-state index contributed by atoms with van der Waals surface area (Å²) in [4.78, 5) is 23.3. The van der Waals surface area contributed by atoms with Crippen LogP contribution in [0.25, 0.3) is 16.3 Å². The van der Waals surface area contributed by atoms with E-state index in [9.17, 15) is 9.18 Å². The molecule has 2 aromatic carbocycles. The Morgan fingerprint density at radius 1 is 1.17 bits per heavy atom.